The summed E-state index contributed by atoms with van der Waals surface area (Å²) in [6.07, 6.45) is 0. The molecule has 0 aromatic heterocycles. The molecule has 0 aliphatic rings. The molecular formula is C3H8NNaO5S. The summed E-state index contributed by atoms with van der Waals surface area (Å²) in [7, 11) is -4.27. The van der Waals surface area contributed by atoms with E-state index in [0.717, 1.165) is 0 Å². The third kappa shape index (κ3) is 8.24. The number of hydrogen-bond acceptors (Lipinski definition) is 4. The van der Waals surface area contributed by atoms with Crippen LogP contribution in [0.5, 0.6) is 0 Å². The first-order valence-electron chi connectivity index (χ1n) is 2.26. The minimum atomic E-state index is -4.27. The number of aliphatic carboxylic acids is 1. The quantitative estimate of drug-likeness (QED) is 0.341. The van der Waals surface area contributed by atoms with Gasteiger partial charge in [-0.05, 0) is 0 Å². The van der Waals surface area contributed by atoms with Crippen molar-refractivity contribution < 1.29 is 22.9 Å². The van der Waals surface area contributed by atoms with Crippen molar-refractivity contribution in [2.24, 2.45) is 5.73 Å². The van der Waals surface area contributed by atoms with Gasteiger partial charge in [-0.15, -0.1) is 0 Å². The van der Waals surface area contributed by atoms with E-state index in [-0.39, 0.29) is 29.6 Å². The van der Waals surface area contributed by atoms with Crippen molar-refractivity contribution in [3.8, 4) is 0 Å². The van der Waals surface area contributed by atoms with E-state index in [1.54, 1.807) is 0 Å². The Morgan fingerprint density at radius 3 is 2.00 bits per heavy atom. The molecule has 0 spiro atoms. The summed E-state index contributed by atoms with van der Waals surface area (Å²) in [5.41, 5.74) is 4.76. The van der Waals surface area contributed by atoms with Gasteiger partial charge in [0.25, 0.3) is 10.1 Å². The van der Waals surface area contributed by atoms with Crippen LogP contribution in [-0.2, 0) is 14.9 Å². The van der Waals surface area contributed by atoms with E-state index in [0.29, 0.717) is 0 Å². The first-order chi connectivity index (χ1) is 4.33. The van der Waals surface area contributed by atoms with Gasteiger partial charge in [0, 0.05) is 0 Å². The molecule has 0 aromatic carbocycles. The van der Waals surface area contributed by atoms with E-state index >= 15 is 0 Å². The Morgan fingerprint density at radius 1 is 1.55 bits per heavy atom. The molecule has 62 valence electrons. The Morgan fingerprint density at radius 2 is 1.91 bits per heavy atom. The van der Waals surface area contributed by atoms with Crippen molar-refractivity contribution in [2.45, 2.75) is 6.04 Å². The second-order valence-electron chi connectivity index (χ2n) is 1.69. The number of hydrogen-bond donors (Lipinski definition) is 3. The van der Waals surface area contributed by atoms with Crippen LogP contribution in [0.2, 0.25) is 0 Å². The van der Waals surface area contributed by atoms with Crippen LogP contribution >= 0.6 is 0 Å². The number of rotatable bonds is 3. The van der Waals surface area contributed by atoms with Gasteiger partial charge in [0.05, 0.1) is 0 Å². The van der Waals surface area contributed by atoms with E-state index < -0.39 is 27.9 Å². The molecule has 4 N–H and O–H groups in total. The molecule has 11 heavy (non-hydrogen) atoms. The number of carboxylic acid groups (broad SMARTS) is 1. The molecule has 6 nitrogen and oxygen atoms in total. The fraction of sp³-hybridized carbons (Fsp3) is 0.667. The van der Waals surface area contributed by atoms with Gasteiger partial charge in [0.1, 0.15) is 11.8 Å². The zero-order valence-corrected chi connectivity index (χ0v) is 5.71. The normalized spacial score (nSPS) is 13.3. The molecule has 0 fully saturated rings. The van der Waals surface area contributed by atoms with Gasteiger partial charge in [-0.1, -0.05) is 0 Å². The molecule has 8 heteroatoms. The average molecular weight is 193 g/mol. The Hall–Kier alpha value is 0.340. The molecule has 0 rings (SSSR count). The molecule has 0 radical (unpaired) electrons. The minimum absolute atomic E-state index is 0. The molecule has 0 unspecified atom stereocenters. The maximum atomic E-state index is 9.96. The second kappa shape index (κ2) is 5.07. The van der Waals surface area contributed by atoms with Gasteiger partial charge in [-0.3, -0.25) is 9.35 Å². The summed E-state index contributed by atoms with van der Waals surface area (Å²) in [6, 6.07) is -1.56. The molecule has 0 aliphatic heterocycles. The van der Waals surface area contributed by atoms with Crippen LogP contribution in [0.15, 0.2) is 0 Å². The van der Waals surface area contributed by atoms with Gasteiger partial charge in [0.2, 0.25) is 0 Å². The van der Waals surface area contributed by atoms with Crippen LogP contribution in [0.4, 0.5) is 0 Å². The Balaban J connectivity index is 0. The Bertz CT molecular complexity index is 224. The third-order valence-corrected chi connectivity index (χ3v) is 1.49. The monoisotopic (exact) mass is 193 g/mol. The first kappa shape index (κ1) is 13.9. The molecule has 0 aliphatic carbocycles. The van der Waals surface area contributed by atoms with E-state index in [1.165, 1.54) is 0 Å². The summed E-state index contributed by atoms with van der Waals surface area (Å²) in [6.45, 7) is 0. The van der Waals surface area contributed by atoms with Crippen molar-refractivity contribution in [3.05, 3.63) is 0 Å². The number of carboxylic acids is 1. The SMILES string of the molecule is N[C@H](CS(=O)(=O)O)C(=O)O.[NaH]. The van der Waals surface area contributed by atoms with E-state index in [9.17, 15) is 13.2 Å². The van der Waals surface area contributed by atoms with Crippen molar-refractivity contribution in [3.63, 3.8) is 0 Å². The Kier molecular flexibility index (Phi) is 6.40. The van der Waals surface area contributed by atoms with E-state index in [2.05, 4.69) is 0 Å². The van der Waals surface area contributed by atoms with Crippen LogP contribution < -0.4 is 5.73 Å². The standard InChI is InChI=1S/C3H7NO5S.Na.H/c4-2(3(5)6)1-10(7,8)9;;/h2H,1,4H2,(H,5,6)(H,7,8,9);;/t2-;;/m1../s1. The van der Waals surface area contributed by atoms with Crippen LogP contribution in [0.3, 0.4) is 0 Å². The molecule has 0 aromatic rings. The first-order valence-corrected chi connectivity index (χ1v) is 3.87. The fourth-order valence-electron chi connectivity index (χ4n) is 0.298. The van der Waals surface area contributed by atoms with Crippen molar-refractivity contribution in [2.75, 3.05) is 5.75 Å². The predicted octanol–water partition coefficient (Wildman–Crippen LogP) is -2.36. The molecule has 0 heterocycles. The average Bonchev–Trinajstić information content (AvgIpc) is 1.60. The summed E-state index contributed by atoms with van der Waals surface area (Å²) < 4.78 is 28.0. The van der Waals surface area contributed by atoms with E-state index in [4.69, 9.17) is 15.4 Å². The van der Waals surface area contributed by atoms with Gasteiger partial charge >= 0.3 is 35.5 Å². The van der Waals surface area contributed by atoms with Crippen LogP contribution in [0, 0.1) is 0 Å². The molecule has 0 saturated heterocycles. The molecule has 1 atom stereocenters. The molecule has 0 saturated carbocycles. The Labute approximate surface area is 85.8 Å². The van der Waals surface area contributed by atoms with Gasteiger partial charge in [-0.2, -0.15) is 8.42 Å². The maximum absolute atomic E-state index is 9.96. The van der Waals surface area contributed by atoms with Crippen LogP contribution in [0.1, 0.15) is 0 Å². The molecule has 0 bridgehead atoms. The molecular weight excluding hydrogens is 185 g/mol. The van der Waals surface area contributed by atoms with Crippen LogP contribution in [-0.4, -0.2) is 65.4 Å². The van der Waals surface area contributed by atoms with Crippen molar-refractivity contribution >= 4 is 45.6 Å². The van der Waals surface area contributed by atoms with Crippen molar-refractivity contribution in [1.82, 2.24) is 0 Å². The fourth-order valence-corrected chi connectivity index (χ4v) is 0.895. The predicted molar refractivity (Wildman–Crippen MR) is 39.2 cm³/mol. The summed E-state index contributed by atoms with van der Waals surface area (Å²) in [5, 5.41) is 8.04. The number of nitrogens with two attached hydrogens (primary N) is 1. The van der Waals surface area contributed by atoms with Gasteiger partial charge in [-0.25, -0.2) is 0 Å². The summed E-state index contributed by atoms with van der Waals surface area (Å²) in [5.74, 6) is -2.42. The summed E-state index contributed by atoms with van der Waals surface area (Å²) >= 11 is 0. The number of carbonyl (C=O) groups is 1. The zero-order chi connectivity index (χ0) is 8.36. The van der Waals surface area contributed by atoms with E-state index in [1.807, 2.05) is 0 Å². The van der Waals surface area contributed by atoms with Crippen LogP contribution in [0.25, 0.3) is 0 Å². The van der Waals surface area contributed by atoms with Gasteiger partial charge in [0.15, 0.2) is 0 Å². The molecule has 0 amide bonds. The van der Waals surface area contributed by atoms with Crippen molar-refractivity contribution in [1.29, 1.82) is 0 Å². The third-order valence-electron chi connectivity index (χ3n) is 0.707. The van der Waals surface area contributed by atoms with Gasteiger partial charge < -0.3 is 10.8 Å². The summed E-state index contributed by atoms with van der Waals surface area (Å²) in [4.78, 5) is 9.88. The zero-order valence-electron chi connectivity index (χ0n) is 4.89. The second-order valence-corrected chi connectivity index (χ2v) is 3.19. The topological polar surface area (TPSA) is 118 Å².